The third kappa shape index (κ3) is 4.15. The first kappa shape index (κ1) is 20.6. The van der Waals surface area contributed by atoms with Crippen molar-refractivity contribution in [1.82, 2.24) is 9.97 Å². The number of hydrogen-bond acceptors (Lipinski definition) is 7. The van der Waals surface area contributed by atoms with Crippen LogP contribution in [0.5, 0.6) is 11.5 Å². The average molecular weight is 435 g/mol. The van der Waals surface area contributed by atoms with Gasteiger partial charge in [0.05, 0.1) is 18.1 Å². The summed E-state index contributed by atoms with van der Waals surface area (Å²) < 4.78 is 11.6. The van der Waals surface area contributed by atoms with Crippen LogP contribution in [-0.4, -0.2) is 22.5 Å². The molecule has 31 heavy (non-hydrogen) atoms. The highest BCUT2D eigenvalue weighted by molar-refractivity contribution is 7.71. The van der Waals surface area contributed by atoms with Crippen LogP contribution in [0.15, 0.2) is 65.9 Å². The van der Waals surface area contributed by atoms with Gasteiger partial charge in [-0.05, 0) is 55.9 Å². The summed E-state index contributed by atoms with van der Waals surface area (Å²) in [7, 11) is 0. The van der Waals surface area contributed by atoms with Gasteiger partial charge >= 0.3 is 5.97 Å². The molecule has 0 saturated heterocycles. The quantitative estimate of drug-likeness (QED) is 0.387. The Morgan fingerprint density at radius 2 is 1.90 bits per heavy atom. The first-order valence-electron chi connectivity index (χ1n) is 9.85. The summed E-state index contributed by atoms with van der Waals surface area (Å²) in [6, 6.07) is 17.0. The van der Waals surface area contributed by atoms with Crippen molar-refractivity contribution in [1.29, 1.82) is 0 Å². The normalized spacial score (nSPS) is 15.1. The molecule has 1 unspecified atom stereocenters. The molecular weight excluding hydrogens is 412 g/mol. The Balaban J connectivity index is 1.85. The molecule has 2 aromatic carbocycles. The number of fused-ring (bicyclic) bond motifs is 1. The fourth-order valence-electron chi connectivity index (χ4n) is 3.69. The van der Waals surface area contributed by atoms with E-state index >= 15 is 0 Å². The Kier molecular flexibility index (Phi) is 5.73. The molecule has 0 amide bonds. The number of esters is 1. The summed E-state index contributed by atoms with van der Waals surface area (Å²) in [5.74, 6) is 1.30. The number of benzene rings is 2. The smallest absolute Gasteiger partial charge is 0.336 e. The van der Waals surface area contributed by atoms with Gasteiger partial charge in [-0.25, -0.2) is 9.78 Å². The van der Waals surface area contributed by atoms with Gasteiger partial charge in [0.1, 0.15) is 23.1 Å². The molecule has 3 aromatic rings. The Bertz CT molecular complexity index is 1220. The van der Waals surface area contributed by atoms with Crippen LogP contribution >= 0.6 is 12.2 Å². The Hall–Kier alpha value is -3.65. The van der Waals surface area contributed by atoms with E-state index in [2.05, 4.69) is 15.3 Å². The van der Waals surface area contributed by atoms with Gasteiger partial charge in [-0.2, -0.15) is 0 Å². The van der Waals surface area contributed by atoms with E-state index in [9.17, 15) is 4.79 Å². The van der Waals surface area contributed by atoms with Gasteiger partial charge in [-0.15, -0.1) is 0 Å². The highest BCUT2D eigenvalue weighted by Gasteiger charge is 2.36. The van der Waals surface area contributed by atoms with Gasteiger partial charge in [-0.3, -0.25) is 0 Å². The summed E-state index contributed by atoms with van der Waals surface area (Å²) in [6.07, 6.45) is 0. The third-order valence-electron chi connectivity index (χ3n) is 4.95. The molecule has 7 nitrogen and oxygen atoms in total. The fraction of sp³-hybridized carbons (Fsp3) is 0.174. The molecule has 8 heteroatoms. The summed E-state index contributed by atoms with van der Waals surface area (Å²) >= 11 is 5.18. The number of nitrogens with two attached hydrogens (primary N) is 1. The molecule has 0 saturated carbocycles. The van der Waals surface area contributed by atoms with Gasteiger partial charge in [0.25, 0.3) is 0 Å². The van der Waals surface area contributed by atoms with Crippen LogP contribution in [-0.2, 0) is 9.53 Å². The SMILES string of the molecule is CCOC(=O)C1=C(C)Nc2nc(=S)[nH]c(N)c2C1c1cccc(Oc2ccccc2)c1. The first-order valence-corrected chi connectivity index (χ1v) is 10.3. The molecule has 4 rings (SSSR count). The lowest BCUT2D eigenvalue weighted by atomic mass is 9.82. The van der Waals surface area contributed by atoms with Crippen LogP contribution in [0.4, 0.5) is 11.6 Å². The van der Waals surface area contributed by atoms with E-state index in [4.69, 9.17) is 27.4 Å². The van der Waals surface area contributed by atoms with Crippen LogP contribution in [0.2, 0.25) is 0 Å². The van der Waals surface area contributed by atoms with Crippen molar-refractivity contribution >= 4 is 29.8 Å². The summed E-state index contributed by atoms with van der Waals surface area (Å²) in [6.45, 7) is 3.84. The Labute approximate surface area is 184 Å². The first-order chi connectivity index (χ1) is 15.0. The number of nitrogens with zero attached hydrogens (tertiary/aromatic N) is 1. The number of aromatic amines is 1. The molecule has 0 fully saturated rings. The lowest BCUT2D eigenvalue weighted by molar-refractivity contribution is -0.138. The number of ether oxygens (including phenoxy) is 2. The van der Waals surface area contributed by atoms with Crippen LogP contribution in [0.3, 0.4) is 0 Å². The summed E-state index contributed by atoms with van der Waals surface area (Å²) in [4.78, 5) is 20.2. The average Bonchev–Trinajstić information content (AvgIpc) is 2.73. The number of anilines is 2. The zero-order valence-corrected chi connectivity index (χ0v) is 18.0. The molecule has 0 aliphatic carbocycles. The number of rotatable bonds is 5. The summed E-state index contributed by atoms with van der Waals surface area (Å²) in [5, 5.41) is 3.15. The van der Waals surface area contributed by atoms with Gasteiger partial charge in [0.15, 0.2) is 4.77 Å². The molecule has 1 aliphatic heterocycles. The Morgan fingerprint density at radius 3 is 2.65 bits per heavy atom. The number of hydrogen-bond donors (Lipinski definition) is 3. The van der Waals surface area contributed by atoms with Gasteiger partial charge < -0.3 is 25.5 Å². The van der Waals surface area contributed by atoms with Crippen molar-refractivity contribution in [2.75, 3.05) is 17.7 Å². The zero-order valence-electron chi connectivity index (χ0n) is 17.1. The molecule has 158 valence electrons. The van der Waals surface area contributed by atoms with Crippen LogP contribution in [0.25, 0.3) is 0 Å². The van der Waals surface area contributed by atoms with E-state index < -0.39 is 11.9 Å². The molecule has 4 N–H and O–H groups in total. The Morgan fingerprint density at radius 1 is 1.16 bits per heavy atom. The molecule has 1 aliphatic rings. The highest BCUT2D eigenvalue weighted by Crippen LogP contribution is 2.44. The largest absolute Gasteiger partial charge is 0.463 e. The van der Waals surface area contributed by atoms with Gasteiger partial charge in [0.2, 0.25) is 0 Å². The minimum Gasteiger partial charge on any atom is -0.463 e. The number of nitrogen functional groups attached to an aromatic ring is 1. The number of aromatic nitrogens is 2. The second-order valence-electron chi connectivity index (χ2n) is 7.02. The van der Waals surface area contributed by atoms with Crippen molar-refractivity contribution in [2.24, 2.45) is 0 Å². The third-order valence-corrected chi connectivity index (χ3v) is 5.15. The predicted molar refractivity (Wildman–Crippen MR) is 122 cm³/mol. The number of nitrogens with one attached hydrogen (secondary N) is 2. The number of para-hydroxylation sites is 1. The lowest BCUT2D eigenvalue weighted by Gasteiger charge is -2.30. The van der Waals surface area contributed by atoms with E-state index in [1.165, 1.54) is 0 Å². The minimum absolute atomic E-state index is 0.260. The van der Waals surface area contributed by atoms with Gasteiger partial charge in [-0.1, -0.05) is 30.3 Å². The number of carbonyl (C=O) groups excluding carboxylic acids is 1. The van der Waals surface area contributed by atoms with Crippen molar-refractivity contribution in [3.63, 3.8) is 0 Å². The van der Waals surface area contributed by atoms with E-state index in [0.29, 0.717) is 40.0 Å². The molecule has 0 radical (unpaired) electrons. The fourth-order valence-corrected chi connectivity index (χ4v) is 3.89. The molecular formula is C23H22N4O3S. The second-order valence-corrected chi connectivity index (χ2v) is 7.41. The number of allylic oxidation sites excluding steroid dienone is 1. The maximum Gasteiger partial charge on any atom is 0.336 e. The topological polar surface area (TPSA) is 102 Å². The van der Waals surface area contributed by atoms with Gasteiger partial charge in [0, 0.05) is 11.3 Å². The molecule has 2 heterocycles. The van der Waals surface area contributed by atoms with Crippen LogP contribution in [0.1, 0.15) is 30.9 Å². The lowest BCUT2D eigenvalue weighted by Crippen LogP contribution is -2.26. The van der Waals surface area contributed by atoms with E-state index in [-0.39, 0.29) is 11.4 Å². The predicted octanol–water partition coefficient (Wildman–Crippen LogP) is 4.91. The summed E-state index contributed by atoms with van der Waals surface area (Å²) in [5.41, 5.74) is 8.86. The molecule has 1 atom stereocenters. The van der Waals surface area contributed by atoms with Crippen LogP contribution in [0, 0.1) is 4.77 Å². The standard InChI is InChI=1S/C23H22N4O3S/c1-3-29-22(28)17-13(2)25-21-19(20(24)26-23(31)27-21)18(17)14-8-7-11-16(12-14)30-15-9-5-4-6-10-15/h4-12,18H,3H2,1-2H3,(H4,24,25,26,27,31). The maximum atomic E-state index is 12.9. The van der Waals surface area contributed by atoms with Crippen molar-refractivity contribution in [3.05, 3.63) is 81.8 Å². The highest BCUT2D eigenvalue weighted by atomic mass is 32.1. The monoisotopic (exact) mass is 434 g/mol. The van der Waals surface area contributed by atoms with Crippen molar-refractivity contribution in [3.8, 4) is 11.5 Å². The molecule has 0 spiro atoms. The minimum atomic E-state index is -0.506. The van der Waals surface area contributed by atoms with Crippen molar-refractivity contribution in [2.45, 2.75) is 19.8 Å². The van der Waals surface area contributed by atoms with Crippen molar-refractivity contribution < 1.29 is 14.3 Å². The maximum absolute atomic E-state index is 12.9. The molecule has 1 aromatic heterocycles. The zero-order chi connectivity index (χ0) is 22.0. The number of H-pyrrole nitrogens is 1. The van der Waals surface area contributed by atoms with E-state index in [1.54, 1.807) is 6.92 Å². The second kappa shape index (κ2) is 8.61. The number of carbonyl (C=O) groups is 1. The van der Waals surface area contributed by atoms with E-state index in [1.807, 2.05) is 61.5 Å². The molecule has 0 bridgehead atoms. The van der Waals surface area contributed by atoms with Crippen LogP contribution < -0.4 is 15.8 Å². The van der Waals surface area contributed by atoms with E-state index in [0.717, 1.165) is 5.56 Å².